The van der Waals surface area contributed by atoms with E-state index in [1.165, 1.54) is 16.2 Å². The molecule has 1 aromatic heterocycles. The summed E-state index contributed by atoms with van der Waals surface area (Å²) in [5.41, 5.74) is 1.26. The molecule has 1 fully saturated rings. The molecule has 1 aliphatic rings. The van der Waals surface area contributed by atoms with Gasteiger partial charge in [-0.1, -0.05) is 63.9 Å². The number of carbonyl (C=O) groups is 4. The van der Waals surface area contributed by atoms with Gasteiger partial charge in [0.05, 0.1) is 12.6 Å². The van der Waals surface area contributed by atoms with E-state index < -0.39 is 41.4 Å². The van der Waals surface area contributed by atoms with Crippen LogP contribution in [0.25, 0.3) is 0 Å². The van der Waals surface area contributed by atoms with Gasteiger partial charge in [0.15, 0.2) is 0 Å². The molecule has 3 amide bonds. The fourth-order valence-corrected chi connectivity index (χ4v) is 4.94. The summed E-state index contributed by atoms with van der Waals surface area (Å²) in [5, 5.41) is 9.13. The zero-order chi connectivity index (χ0) is 27.7. The summed E-state index contributed by atoms with van der Waals surface area (Å²) in [5.74, 6) is -1.48. The third-order valence-electron chi connectivity index (χ3n) is 6.63. The highest BCUT2D eigenvalue weighted by molar-refractivity contribution is 7.07. The first kappa shape index (κ1) is 29.2. The van der Waals surface area contributed by atoms with Gasteiger partial charge in [0, 0.05) is 17.5 Å². The zero-order valence-corrected chi connectivity index (χ0v) is 23.2. The summed E-state index contributed by atoms with van der Waals surface area (Å²) in [6.07, 6.45) is -0.125. The van der Waals surface area contributed by atoms with E-state index in [2.05, 4.69) is 10.6 Å². The molecule has 2 aromatic rings. The Morgan fingerprint density at radius 1 is 1.13 bits per heavy atom. The maximum absolute atomic E-state index is 13.0. The van der Waals surface area contributed by atoms with Crippen LogP contribution in [0.1, 0.15) is 64.1 Å². The highest BCUT2D eigenvalue weighted by Gasteiger charge is 2.45. The van der Waals surface area contributed by atoms with Crippen molar-refractivity contribution in [2.45, 2.75) is 71.8 Å². The number of hydrogen-bond acceptors (Lipinski definition) is 7. The lowest BCUT2D eigenvalue weighted by Gasteiger charge is -2.26. The quantitative estimate of drug-likeness (QED) is 0.393. The van der Waals surface area contributed by atoms with Crippen molar-refractivity contribution in [3.8, 4) is 0 Å². The van der Waals surface area contributed by atoms with Crippen LogP contribution in [0.2, 0.25) is 0 Å². The van der Waals surface area contributed by atoms with E-state index in [1.807, 2.05) is 67.9 Å². The first-order chi connectivity index (χ1) is 18.1. The summed E-state index contributed by atoms with van der Waals surface area (Å²) in [4.78, 5) is 52.6. The van der Waals surface area contributed by atoms with Crippen LogP contribution in [-0.4, -0.2) is 54.0 Å². The fraction of sp³-hybridized carbons (Fsp3) is 0.500. The highest BCUT2D eigenvalue weighted by atomic mass is 32.1. The maximum Gasteiger partial charge on any atom is 0.410 e. The molecule has 1 saturated heterocycles. The number of nitrogens with zero attached hydrogens (tertiary/aromatic N) is 1. The fourth-order valence-electron chi connectivity index (χ4n) is 4.29. The lowest BCUT2D eigenvalue weighted by Crippen LogP contribution is -2.49. The second kappa shape index (κ2) is 13.4. The molecule has 0 saturated carbocycles. The molecule has 2 N–H and O–H groups in total. The SMILES string of the molecule is CCCC[C@H](NC(=O)O[C@@H]1CN(C(=O)OCc2ccsc2)CC1(C)C)C(=O)C(=O)N[C@H](C)c1ccccc1. The third kappa shape index (κ3) is 8.05. The van der Waals surface area contributed by atoms with Crippen molar-refractivity contribution in [1.29, 1.82) is 0 Å². The van der Waals surface area contributed by atoms with Crippen LogP contribution in [0.3, 0.4) is 0 Å². The number of ketones is 1. The second-order valence-electron chi connectivity index (χ2n) is 10.3. The smallest absolute Gasteiger partial charge is 0.410 e. The van der Waals surface area contributed by atoms with Gasteiger partial charge < -0.3 is 25.0 Å². The number of alkyl carbamates (subject to hydrolysis) is 1. The van der Waals surface area contributed by atoms with E-state index in [4.69, 9.17) is 9.47 Å². The van der Waals surface area contributed by atoms with Crippen LogP contribution < -0.4 is 10.6 Å². The molecule has 9 nitrogen and oxygen atoms in total. The first-order valence-corrected chi connectivity index (χ1v) is 13.8. The predicted octanol–water partition coefficient (Wildman–Crippen LogP) is 4.83. The Morgan fingerprint density at radius 3 is 2.53 bits per heavy atom. The van der Waals surface area contributed by atoms with Gasteiger partial charge in [-0.15, -0.1) is 0 Å². The number of ether oxygens (including phenoxy) is 2. The standard InChI is InChI=1S/C28H37N3O6S/c1-5-6-12-22(24(32)25(33)29-19(2)21-10-8-7-9-11-21)30-26(34)37-23-15-31(18-28(23,3)4)27(35)36-16-20-13-14-38-17-20/h7-11,13-14,17,19,22-23H,5-6,12,15-16,18H2,1-4H3,(H,29,33)(H,30,34)/t19-,22+,23-/m1/s1. The lowest BCUT2D eigenvalue weighted by atomic mass is 9.90. The van der Waals surface area contributed by atoms with E-state index >= 15 is 0 Å². The number of thiophene rings is 1. The molecule has 206 valence electrons. The summed E-state index contributed by atoms with van der Waals surface area (Å²) >= 11 is 1.53. The van der Waals surface area contributed by atoms with E-state index in [1.54, 1.807) is 6.92 Å². The van der Waals surface area contributed by atoms with Crippen molar-refractivity contribution in [2.75, 3.05) is 13.1 Å². The van der Waals surface area contributed by atoms with Crippen LogP contribution in [0.15, 0.2) is 47.2 Å². The number of nitrogens with one attached hydrogen (secondary N) is 2. The van der Waals surface area contributed by atoms with E-state index in [0.717, 1.165) is 17.5 Å². The molecule has 0 radical (unpaired) electrons. The normalized spacial score (nSPS) is 17.8. The maximum atomic E-state index is 13.0. The number of unbranched alkanes of at least 4 members (excludes halogenated alkanes) is 1. The number of carbonyl (C=O) groups excluding carboxylic acids is 4. The molecule has 2 heterocycles. The van der Waals surface area contributed by atoms with Gasteiger partial charge >= 0.3 is 12.2 Å². The molecule has 1 aromatic carbocycles. The topological polar surface area (TPSA) is 114 Å². The lowest BCUT2D eigenvalue weighted by molar-refractivity contribution is -0.139. The van der Waals surface area contributed by atoms with Crippen LogP contribution in [-0.2, 0) is 25.7 Å². The van der Waals surface area contributed by atoms with Crippen molar-refractivity contribution in [3.05, 3.63) is 58.3 Å². The number of benzene rings is 1. The number of amides is 3. The van der Waals surface area contributed by atoms with Gasteiger partial charge in [0.2, 0.25) is 5.78 Å². The van der Waals surface area contributed by atoms with Crippen LogP contribution in [0, 0.1) is 5.41 Å². The molecule has 0 unspecified atom stereocenters. The van der Waals surface area contributed by atoms with Crippen molar-refractivity contribution in [3.63, 3.8) is 0 Å². The Morgan fingerprint density at radius 2 is 1.87 bits per heavy atom. The average molecular weight is 544 g/mol. The van der Waals surface area contributed by atoms with Crippen molar-refractivity contribution >= 4 is 35.2 Å². The van der Waals surface area contributed by atoms with E-state index in [0.29, 0.717) is 19.4 Å². The predicted molar refractivity (Wildman–Crippen MR) is 145 cm³/mol. The highest BCUT2D eigenvalue weighted by Crippen LogP contribution is 2.32. The average Bonchev–Trinajstić information content (AvgIpc) is 3.52. The molecule has 0 spiro atoms. The Labute approximate surface area is 227 Å². The van der Waals surface area contributed by atoms with Crippen molar-refractivity contribution in [1.82, 2.24) is 15.5 Å². The largest absolute Gasteiger partial charge is 0.445 e. The van der Waals surface area contributed by atoms with Gasteiger partial charge in [0.25, 0.3) is 5.91 Å². The Balaban J connectivity index is 1.56. The minimum absolute atomic E-state index is 0.172. The molecule has 3 atom stereocenters. The van der Waals surface area contributed by atoms with Crippen molar-refractivity contribution in [2.24, 2.45) is 5.41 Å². The third-order valence-corrected chi connectivity index (χ3v) is 7.36. The Bertz CT molecular complexity index is 1090. The summed E-state index contributed by atoms with van der Waals surface area (Å²) in [7, 11) is 0. The van der Waals surface area contributed by atoms with E-state index in [-0.39, 0.29) is 19.2 Å². The van der Waals surface area contributed by atoms with Gasteiger partial charge in [-0.05, 0) is 35.7 Å². The number of Topliss-reactive ketones (excluding diaryl/α,β-unsaturated/α-hetero) is 1. The Kier molecular flexibility index (Phi) is 10.3. The molecule has 3 rings (SSSR count). The Hall–Kier alpha value is -3.40. The minimum atomic E-state index is -1.01. The van der Waals surface area contributed by atoms with Gasteiger partial charge in [-0.3, -0.25) is 9.59 Å². The first-order valence-electron chi connectivity index (χ1n) is 12.9. The van der Waals surface area contributed by atoms with Gasteiger partial charge in [-0.25, -0.2) is 9.59 Å². The van der Waals surface area contributed by atoms with Crippen LogP contribution in [0.4, 0.5) is 9.59 Å². The van der Waals surface area contributed by atoms with Crippen molar-refractivity contribution < 1.29 is 28.7 Å². The number of hydrogen-bond donors (Lipinski definition) is 2. The molecular formula is C28H37N3O6S. The van der Waals surface area contributed by atoms with Crippen LogP contribution >= 0.6 is 11.3 Å². The summed E-state index contributed by atoms with van der Waals surface area (Å²) < 4.78 is 11.1. The number of rotatable bonds is 11. The number of likely N-dealkylation sites (tertiary alicyclic amines) is 1. The molecule has 0 aliphatic carbocycles. The summed E-state index contributed by atoms with van der Waals surface area (Å²) in [6, 6.07) is 9.83. The molecule has 10 heteroatoms. The van der Waals surface area contributed by atoms with Gasteiger partial charge in [-0.2, -0.15) is 11.3 Å². The van der Waals surface area contributed by atoms with Crippen LogP contribution in [0.5, 0.6) is 0 Å². The zero-order valence-electron chi connectivity index (χ0n) is 22.4. The van der Waals surface area contributed by atoms with Gasteiger partial charge in [0.1, 0.15) is 18.8 Å². The molecule has 38 heavy (non-hydrogen) atoms. The molecule has 0 bridgehead atoms. The summed E-state index contributed by atoms with van der Waals surface area (Å²) in [6.45, 7) is 8.26. The molecule has 1 aliphatic heterocycles. The minimum Gasteiger partial charge on any atom is -0.445 e. The van der Waals surface area contributed by atoms with E-state index in [9.17, 15) is 19.2 Å². The monoisotopic (exact) mass is 543 g/mol. The molecular weight excluding hydrogens is 506 g/mol. The second-order valence-corrected chi connectivity index (χ2v) is 11.0.